The molecule has 0 fully saturated rings. The Balaban J connectivity index is 2.39. The number of benzene rings is 1. The van der Waals surface area contributed by atoms with Crippen molar-refractivity contribution in [2.45, 2.75) is 19.8 Å². The van der Waals surface area contributed by atoms with Gasteiger partial charge in [0.05, 0.1) is 12.2 Å². The number of nitrogens with one attached hydrogen (secondary N) is 1. The highest BCUT2D eigenvalue weighted by atomic mass is 16.5. The Kier molecular flexibility index (Phi) is 6.83. The summed E-state index contributed by atoms with van der Waals surface area (Å²) in [5, 5.41) is 0. The summed E-state index contributed by atoms with van der Waals surface area (Å²) in [6, 6.07) is 6.96. The first kappa shape index (κ1) is 14.5. The highest BCUT2D eigenvalue weighted by molar-refractivity contribution is 5.96. The molecule has 5 nitrogen and oxygen atoms in total. The molecule has 18 heavy (non-hydrogen) atoms. The number of hydrogen-bond donors (Lipinski definition) is 2. The predicted molar refractivity (Wildman–Crippen MR) is 69.3 cm³/mol. The van der Waals surface area contributed by atoms with Gasteiger partial charge in [-0.15, -0.1) is 0 Å². The number of hydrogen-bond acceptors (Lipinski definition) is 4. The fraction of sp³-hybridized carbons (Fsp3) is 0.462. The van der Waals surface area contributed by atoms with Crippen LogP contribution in [0.25, 0.3) is 0 Å². The van der Waals surface area contributed by atoms with Gasteiger partial charge in [-0.25, -0.2) is 5.84 Å². The second-order valence-electron chi connectivity index (χ2n) is 3.78. The summed E-state index contributed by atoms with van der Waals surface area (Å²) >= 11 is 0. The third kappa shape index (κ3) is 4.73. The van der Waals surface area contributed by atoms with Crippen LogP contribution in [-0.2, 0) is 4.74 Å². The fourth-order valence-electron chi connectivity index (χ4n) is 1.42. The molecule has 0 aliphatic carbocycles. The van der Waals surface area contributed by atoms with Gasteiger partial charge in [0.25, 0.3) is 5.91 Å². The molecule has 0 saturated heterocycles. The van der Waals surface area contributed by atoms with Gasteiger partial charge in [0.15, 0.2) is 0 Å². The Bertz CT molecular complexity index is 369. The van der Waals surface area contributed by atoms with Crippen molar-refractivity contribution in [3.8, 4) is 5.75 Å². The van der Waals surface area contributed by atoms with E-state index < -0.39 is 0 Å². The zero-order valence-corrected chi connectivity index (χ0v) is 10.6. The maximum absolute atomic E-state index is 11.5. The summed E-state index contributed by atoms with van der Waals surface area (Å²) < 4.78 is 10.9. The van der Waals surface area contributed by atoms with E-state index in [1.54, 1.807) is 24.3 Å². The molecule has 5 heteroatoms. The first-order valence-electron chi connectivity index (χ1n) is 6.10. The third-order valence-corrected chi connectivity index (χ3v) is 2.39. The fourth-order valence-corrected chi connectivity index (χ4v) is 1.42. The maximum atomic E-state index is 11.5. The van der Waals surface area contributed by atoms with E-state index in [1.165, 1.54) is 0 Å². The van der Waals surface area contributed by atoms with Crippen molar-refractivity contribution in [2.75, 3.05) is 19.8 Å². The zero-order chi connectivity index (χ0) is 13.2. The quantitative estimate of drug-likeness (QED) is 0.318. The molecule has 0 saturated carbocycles. The number of nitrogen functional groups attached to an aromatic ring is 1. The number of rotatable bonds is 8. The second-order valence-corrected chi connectivity index (χ2v) is 3.78. The van der Waals surface area contributed by atoms with E-state index in [1.807, 2.05) is 0 Å². The topological polar surface area (TPSA) is 73.6 Å². The normalized spacial score (nSPS) is 10.1. The summed E-state index contributed by atoms with van der Waals surface area (Å²) in [4.78, 5) is 11.5. The van der Waals surface area contributed by atoms with Gasteiger partial charge in [-0.3, -0.25) is 10.2 Å². The van der Waals surface area contributed by atoms with Gasteiger partial charge in [-0.1, -0.05) is 25.5 Å². The summed E-state index contributed by atoms with van der Waals surface area (Å²) in [6.45, 7) is 3.78. The highest BCUT2D eigenvalue weighted by Crippen LogP contribution is 2.17. The molecule has 0 aliphatic heterocycles. The number of nitrogens with two attached hydrogens (primary N) is 1. The van der Waals surface area contributed by atoms with Gasteiger partial charge < -0.3 is 9.47 Å². The van der Waals surface area contributed by atoms with Gasteiger partial charge in [0.2, 0.25) is 0 Å². The van der Waals surface area contributed by atoms with Gasteiger partial charge in [0.1, 0.15) is 12.4 Å². The number of carbonyl (C=O) groups excluding carboxylic acids is 1. The third-order valence-electron chi connectivity index (χ3n) is 2.39. The molecule has 1 rings (SSSR count). The van der Waals surface area contributed by atoms with Crippen molar-refractivity contribution in [1.29, 1.82) is 0 Å². The molecule has 0 aliphatic rings. The molecule has 0 aromatic heterocycles. The van der Waals surface area contributed by atoms with Gasteiger partial charge in [-0.05, 0) is 18.6 Å². The molecule has 0 heterocycles. The van der Waals surface area contributed by atoms with Crippen LogP contribution in [0.5, 0.6) is 5.75 Å². The van der Waals surface area contributed by atoms with E-state index in [0.717, 1.165) is 19.4 Å². The van der Waals surface area contributed by atoms with E-state index in [-0.39, 0.29) is 5.91 Å². The number of unbranched alkanes of at least 4 members (excludes halogenated alkanes) is 1. The Morgan fingerprint density at radius 3 is 2.78 bits per heavy atom. The van der Waals surface area contributed by atoms with Crippen LogP contribution in [0.3, 0.4) is 0 Å². The summed E-state index contributed by atoms with van der Waals surface area (Å²) in [6.07, 6.45) is 2.16. The van der Waals surface area contributed by atoms with Crippen LogP contribution in [0.4, 0.5) is 0 Å². The molecule has 0 radical (unpaired) electrons. The molecular weight excluding hydrogens is 232 g/mol. The lowest BCUT2D eigenvalue weighted by molar-refractivity contribution is 0.0917. The molecular formula is C13H20N2O3. The lowest BCUT2D eigenvalue weighted by atomic mass is 10.2. The average molecular weight is 252 g/mol. The minimum Gasteiger partial charge on any atom is -0.490 e. The van der Waals surface area contributed by atoms with Gasteiger partial charge >= 0.3 is 0 Å². The molecule has 0 atom stereocenters. The van der Waals surface area contributed by atoms with Crippen molar-refractivity contribution in [3.63, 3.8) is 0 Å². The average Bonchev–Trinajstić information content (AvgIpc) is 2.42. The van der Waals surface area contributed by atoms with E-state index in [2.05, 4.69) is 12.3 Å². The van der Waals surface area contributed by atoms with Crippen molar-refractivity contribution in [1.82, 2.24) is 5.43 Å². The number of carbonyl (C=O) groups is 1. The van der Waals surface area contributed by atoms with Crippen molar-refractivity contribution >= 4 is 5.91 Å². The Morgan fingerprint density at radius 1 is 1.28 bits per heavy atom. The van der Waals surface area contributed by atoms with Crippen LogP contribution in [-0.4, -0.2) is 25.7 Å². The SMILES string of the molecule is CCCCOCCOc1ccccc1C(=O)NN. The Morgan fingerprint density at radius 2 is 2.06 bits per heavy atom. The Labute approximate surface area is 107 Å². The first-order chi connectivity index (χ1) is 8.79. The van der Waals surface area contributed by atoms with E-state index >= 15 is 0 Å². The lowest BCUT2D eigenvalue weighted by Crippen LogP contribution is -2.30. The van der Waals surface area contributed by atoms with Crippen molar-refractivity contribution in [2.24, 2.45) is 5.84 Å². The monoisotopic (exact) mass is 252 g/mol. The Hall–Kier alpha value is -1.59. The number of amides is 1. The molecule has 1 amide bonds. The zero-order valence-electron chi connectivity index (χ0n) is 10.6. The number of hydrazine groups is 1. The summed E-state index contributed by atoms with van der Waals surface area (Å²) in [7, 11) is 0. The van der Waals surface area contributed by atoms with Crippen LogP contribution in [0.15, 0.2) is 24.3 Å². The minimum atomic E-state index is -0.363. The molecule has 100 valence electrons. The predicted octanol–water partition coefficient (Wildman–Crippen LogP) is 1.49. The van der Waals surface area contributed by atoms with E-state index in [4.69, 9.17) is 15.3 Å². The van der Waals surface area contributed by atoms with Crippen molar-refractivity contribution in [3.05, 3.63) is 29.8 Å². The highest BCUT2D eigenvalue weighted by Gasteiger charge is 2.09. The van der Waals surface area contributed by atoms with Gasteiger partial charge in [-0.2, -0.15) is 0 Å². The minimum absolute atomic E-state index is 0.363. The molecule has 1 aromatic carbocycles. The summed E-state index contributed by atoms with van der Waals surface area (Å²) in [5.74, 6) is 5.25. The molecule has 0 bridgehead atoms. The van der Waals surface area contributed by atoms with Gasteiger partial charge in [0, 0.05) is 6.61 Å². The lowest BCUT2D eigenvalue weighted by Gasteiger charge is -2.10. The molecule has 0 spiro atoms. The first-order valence-corrected chi connectivity index (χ1v) is 6.10. The number of para-hydroxylation sites is 1. The van der Waals surface area contributed by atoms with Crippen LogP contribution >= 0.6 is 0 Å². The van der Waals surface area contributed by atoms with Crippen LogP contribution in [0.1, 0.15) is 30.1 Å². The standard InChI is InChI=1S/C13H20N2O3/c1-2-3-8-17-9-10-18-12-7-5-4-6-11(12)13(16)15-14/h4-7H,2-3,8-10,14H2,1H3,(H,15,16). The largest absolute Gasteiger partial charge is 0.490 e. The second kappa shape index (κ2) is 8.49. The van der Waals surface area contributed by atoms with Crippen LogP contribution in [0, 0.1) is 0 Å². The number of ether oxygens (including phenoxy) is 2. The van der Waals surface area contributed by atoms with E-state index in [9.17, 15) is 4.79 Å². The van der Waals surface area contributed by atoms with Crippen molar-refractivity contribution < 1.29 is 14.3 Å². The molecule has 0 unspecified atom stereocenters. The summed E-state index contributed by atoms with van der Waals surface area (Å²) in [5.41, 5.74) is 2.51. The molecule has 1 aromatic rings. The molecule has 3 N–H and O–H groups in total. The smallest absolute Gasteiger partial charge is 0.268 e. The van der Waals surface area contributed by atoms with Crippen LogP contribution in [0.2, 0.25) is 0 Å². The van der Waals surface area contributed by atoms with Crippen LogP contribution < -0.4 is 16.0 Å². The maximum Gasteiger partial charge on any atom is 0.268 e. The van der Waals surface area contributed by atoms with E-state index in [0.29, 0.717) is 24.5 Å².